The van der Waals surface area contributed by atoms with Gasteiger partial charge in [0.15, 0.2) is 5.56 Å². The van der Waals surface area contributed by atoms with Crippen LogP contribution in [-0.4, -0.2) is 18.5 Å². The van der Waals surface area contributed by atoms with E-state index in [1.807, 2.05) is 0 Å². The summed E-state index contributed by atoms with van der Waals surface area (Å²) in [6, 6.07) is 1.55. The molecule has 0 spiro atoms. The number of alkyl halides is 6. The molecule has 0 aliphatic carbocycles. The zero-order chi connectivity index (χ0) is 15.6. The van der Waals surface area contributed by atoms with Crippen LogP contribution in [0.5, 0.6) is 11.6 Å². The largest absolute Gasteiger partial charge is 0.574 e. The first-order valence-electron chi connectivity index (χ1n) is 4.86. The summed E-state index contributed by atoms with van der Waals surface area (Å²) < 4.78 is 82.4. The van der Waals surface area contributed by atoms with Gasteiger partial charge in [0.05, 0.1) is 19.6 Å². The van der Waals surface area contributed by atoms with Crippen LogP contribution in [0.4, 0.5) is 26.3 Å². The minimum absolute atomic E-state index is 0.295. The first kappa shape index (κ1) is 15.9. The molecule has 0 amide bonds. The molecule has 1 rings (SSSR count). The van der Waals surface area contributed by atoms with E-state index in [4.69, 9.17) is 5.26 Å². The highest BCUT2D eigenvalue weighted by atomic mass is 19.4. The molecule has 0 aromatic carbocycles. The third-order valence-corrected chi connectivity index (χ3v) is 2.04. The zero-order valence-electron chi connectivity index (χ0n) is 9.76. The molecule has 0 aliphatic rings. The lowest BCUT2D eigenvalue weighted by Crippen LogP contribution is -2.22. The minimum Gasteiger partial charge on any atom is -0.496 e. The summed E-state index contributed by atoms with van der Waals surface area (Å²) in [4.78, 5) is 2.96. The Morgan fingerprint density at radius 3 is 2.25 bits per heavy atom. The number of methoxy groups -OCH3 is 1. The number of nitrogens with zero attached hydrogens (tertiary/aromatic N) is 2. The second-order valence-corrected chi connectivity index (χ2v) is 3.38. The highest BCUT2D eigenvalue weighted by Crippen LogP contribution is 2.44. The predicted octanol–water partition coefficient (Wildman–Crippen LogP) is 3.07. The van der Waals surface area contributed by atoms with Crippen LogP contribution in [-0.2, 0) is 12.6 Å². The number of hydrogen-bond acceptors (Lipinski definition) is 4. The Morgan fingerprint density at radius 2 is 1.85 bits per heavy atom. The lowest BCUT2D eigenvalue weighted by Gasteiger charge is -2.18. The lowest BCUT2D eigenvalue weighted by molar-refractivity contribution is -0.278. The van der Waals surface area contributed by atoms with Crippen molar-refractivity contribution in [2.75, 3.05) is 7.11 Å². The van der Waals surface area contributed by atoms with Crippen LogP contribution in [0.2, 0.25) is 0 Å². The van der Waals surface area contributed by atoms with Crippen LogP contribution in [0.25, 0.3) is 0 Å². The van der Waals surface area contributed by atoms with E-state index in [-0.39, 0.29) is 5.56 Å². The van der Waals surface area contributed by atoms with Crippen molar-refractivity contribution < 1.29 is 35.8 Å². The molecule has 0 atom stereocenters. The van der Waals surface area contributed by atoms with E-state index in [9.17, 15) is 26.3 Å². The van der Waals surface area contributed by atoms with Crippen molar-refractivity contribution in [2.45, 2.75) is 19.0 Å². The van der Waals surface area contributed by atoms with Gasteiger partial charge >= 0.3 is 12.5 Å². The average molecular weight is 300 g/mol. The molecule has 1 heterocycles. The molecular formula is C10H6F6N2O2. The van der Waals surface area contributed by atoms with Gasteiger partial charge in [0.2, 0.25) is 5.88 Å². The number of hydrogen-bond donors (Lipinski definition) is 0. The average Bonchev–Trinajstić information content (AvgIpc) is 2.27. The molecule has 1 aromatic rings. The number of rotatable bonds is 3. The molecule has 0 N–H and O–H groups in total. The van der Waals surface area contributed by atoms with Gasteiger partial charge in [-0.2, -0.15) is 18.4 Å². The Morgan fingerprint density at radius 1 is 1.25 bits per heavy atom. The Bertz CT molecular complexity index is 532. The summed E-state index contributed by atoms with van der Waals surface area (Å²) in [7, 11) is 0.836. The van der Waals surface area contributed by atoms with Crippen molar-refractivity contribution in [3.05, 3.63) is 17.3 Å². The number of aromatic nitrogens is 1. The van der Waals surface area contributed by atoms with E-state index in [2.05, 4.69) is 14.5 Å². The normalized spacial score (nSPS) is 11.9. The van der Waals surface area contributed by atoms with E-state index in [0.717, 1.165) is 7.11 Å². The Hall–Kier alpha value is -2.18. The Balaban J connectivity index is 3.51. The molecule has 0 unspecified atom stereocenters. The quantitative estimate of drug-likeness (QED) is 0.805. The monoisotopic (exact) mass is 300 g/mol. The van der Waals surface area contributed by atoms with Gasteiger partial charge in [-0.3, -0.25) is 0 Å². The Labute approximate surface area is 108 Å². The maximum Gasteiger partial charge on any atom is 0.574 e. The molecule has 4 nitrogen and oxygen atoms in total. The first-order chi connectivity index (χ1) is 9.10. The van der Waals surface area contributed by atoms with Gasteiger partial charge in [-0.05, 0) is 0 Å². The van der Waals surface area contributed by atoms with Crippen LogP contribution in [0.15, 0.2) is 6.20 Å². The number of halogens is 6. The molecule has 0 saturated carbocycles. The zero-order valence-corrected chi connectivity index (χ0v) is 9.76. The highest BCUT2D eigenvalue weighted by Gasteiger charge is 2.44. The summed E-state index contributed by atoms with van der Waals surface area (Å²) in [5.74, 6) is -2.60. The van der Waals surface area contributed by atoms with Gasteiger partial charge in [0.1, 0.15) is 5.75 Å². The number of ether oxygens (including phenoxy) is 2. The van der Waals surface area contributed by atoms with Crippen LogP contribution in [0.3, 0.4) is 0 Å². The van der Waals surface area contributed by atoms with Crippen molar-refractivity contribution in [1.82, 2.24) is 4.98 Å². The van der Waals surface area contributed by atoms with Crippen LogP contribution < -0.4 is 9.47 Å². The molecule has 0 saturated heterocycles. The van der Waals surface area contributed by atoms with Crippen molar-refractivity contribution in [1.29, 1.82) is 5.26 Å². The van der Waals surface area contributed by atoms with E-state index in [1.54, 1.807) is 6.07 Å². The minimum atomic E-state index is -5.34. The van der Waals surface area contributed by atoms with Crippen molar-refractivity contribution in [3.8, 4) is 17.7 Å². The smallest absolute Gasteiger partial charge is 0.496 e. The van der Waals surface area contributed by atoms with Gasteiger partial charge in [-0.25, -0.2) is 4.98 Å². The van der Waals surface area contributed by atoms with Crippen LogP contribution in [0, 0.1) is 11.3 Å². The third kappa shape index (κ3) is 3.66. The molecule has 0 radical (unpaired) electrons. The molecular weight excluding hydrogens is 294 g/mol. The molecule has 0 bridgehead atoms. The maximum atomic E-state index is 12.8. The summed E-state index contributed by atoms with van der Waals surface area (Å²) in [5, 5.41) is 8.46. The summed E-state index contributed by atoms with van der Waals surface area (Å²) >= 11 is 0. The standard InChI is InChI=1S/C10H6F6N2O2/c1-19-7-5(2-3-17)4-18-8(20-10(14,15)16)6(7)9(11,12)13/h4H,2H2,1H3. The van der Waals surface area contributed by atoms with Crippen molar-refractivity contribution in [2.24, 2.45) is 0 Å². The topological polar surface area (TPSA) is 55.1 Å². The summed E-state index contributed by atoms with van der Waals surface area (Å²) in [5.41, 5.74) is -2.11. The van der Waals surface area contributed by atoms with Gasteiger partial charge in [-0.1, -0.05) is 0 Å². The van der Waals surface area contributed by atoms with E-state index in [1.165, 1.54) is 0 Å². The number of nitriles is 1. The van der Waals surface area contributed by atoms with Crippen LogP contribution >= 0.6 is 0 Å². The molecule has 20 heavy (non-hydrogen) atoms. The van der Waals surface area contributed by atoms with Gasteiger partial charge in [0.25, 0.3) is 0 Å². The van der Waals surface area contributed by atoms with Gasteiger partial charge < -0.3 is 9.47 Å². The first-order valence-corrected chi connectivity index (χ1v) is 4.86. The Kier molecular flexibility index (Phi) is 4.32. The fourth-order valence-corrected chi connectivity index (χ4v) is 1.40. The second kappa shape index (κ2) is 5.44. The van der Waals surface area contributed by atoms with Gasteiger partial charge in [0, 0.05) is 11.8 Å². The van der Waals surface area contributed by atoms with E-state index >= 15 is 0 Å². The van der Waals surface area contributed by atoms with Crippen molar-refractivity contribution >= 4 is 0 Å². The third-order valence-electron chi connectivity index (χ3n) is 2.04. The molecule has 110 valence electrons. The van der Waals surface area contributed by atoms with E-state index < -0.39 is 36.2 Å². The summed E-state index contributed by atoms with van der Waals surface area (Å²) in [6.07, 6.45) is -10.4. The highest BCUT2D eigenvalue weighted by molar-refractivity contribution is 5.48. The molecule has 0 aliphatic heterocycles. The molecule has 1 aromatic heterocycles. The lowest BCUT2D eigenvalue weighted by atomic mass is 10.1. The second-order valence-electron chi connectivity index (χ2n) is 3.38. The SMILES string of the molecule is COc1c(CC#N)cnc(OC(F)(F)F)c1C(F)(F)F. The van der Waals surface area contributed by atoms with E-state index in [0.29, 0.717) is 6.20 Å². The van der Waals surface area contributed by atoms with Crippen LogP contribution in [0.1, 0.15) is 11.1 Å². The predicted molar refractivity (Wildman–Crippen MR) is 51.8 cm³/mol. The maximum absolute atomic E-state index is 12.8. The number of pyridine rings is 1. The fourth-order valence-electron chi connectivity index (χ4n) is 1.40. The summed E-state index contributed by atoms with van der Waals surface area (Å²) in [6.45, 7) is 0. The molecule has 10 heteroatoms. The fraction of sp³-hybridized carbons (Fsp3) is 0.400. The van der Waals surface area contributed by atoms with Crippen molar-refractivity contribution in [3.63, 3.8) is 0 Å². The van der Waals surface area contributed by atoms with Gasteiger partial charge in [-0.15, -0.1) is 13.2 Å². The molecule has 0 fully saturated rings.